The van der Waals surface area contributed by atoms with Crippen molar-refractivity contribution >= 4 is 0 Å². The van der Waals surface area contributed by atoms with E-state index >= 15 is 0 Å². The Balaban J connectivity index is 2.53. The van der Waals surface area contributed by atoms with Crippen molar-refractivity contribution in [3.63, 3.8) is 0 Å². The average molecular weight is 286 g/mol. The van der Waals surface area contributed by atoms with E-state index in [0.717, 1.165) is 12.1 Å². The van der Waals surface area contributed by atoms with Gasteiger partial charge in [-0.3, -0.25) is 0 Å². The zero-order chi connectivity index (χ0) is 14.9. The van der Waals surface area contributed by atoms with Gasteiger partial charge in [0, 0.05) is 5.56 Å². The molecule has 2 aromatic rings. The molecule has 2 rings (SSSR count). The van der Waals surface area contributed by atoms with E-state index in [0.29, 0.717) is 0 Å². The highest BCUT2D eigenvalue weighted by Gasteiger charge is 2.24. The van der Waals surface area contributed by atoms with Crippen molar-refractivity contribution in [3.05, 3.63) is 70.3 Å². The predicted molar refractivity (Wildman–Crippen MR) is 58.6 cm³/mol. The molecule has 0 radical (unpaired) electrons. The van der Waals surface area contributed by atoms with Gasteiger partial charge in [0.05, 0.1) is 0 Å². The van der Waals surface area contributed by atoms with Gasteiger partial charge >= 0.3 is 0 Å². The van der Waals surface area contributed by atoms with Crippen molar-refractivity contribution in [2.75, 3.05) is 0 Å². The molecule has 20 heavy (non-hydrogen) atoms. The summed E-state index contributed by atoms with van der Waals surface area (Å²) in [4.78, 5) is 0. The van der Waals surface area contributed by atoms with Crippen LogP contribution in [0.4, 0.5) is 26.3 Å². The average Bonchev–Trinajstić information content (AvgIpc) is 2.45. The van der Waals surface area contributed by atoms with Gasteiger partial charge in [-0.05, 0) is 24.3 Å². The van der Waals surface area contributed by atoms with Crippen LogP contribution in [0.3, 0.4) is 0 Å². The third-order valence-electron chi connectivity index (χ3n) is 2.39. The Morgan fingerprint density at radius 3 is 1.50 bits per heavy atom. The molecule has 0 unspecified atom stereocenters. The number of hydrogen-bond acceptors (Lipinski definition) is 0. The highest BCUT2D eigenvalue weighted by Crippen LogP contribution is 2.22. The monoisotopic (exact) mass is 286 g/mol. The summed E-state index contributed by atoms with van der Waals surface area (Å²) >= 11 is 0. The van der Waals surface area contributed by atoms with Crippen LogP contribution in [-0.2, 0) is 0 Å². The number of rotatable bonds is 0. The fourth-order valence-corrected chi connectivity index (χ4v) is 1.38. The van der Waals surface area contributed by atoms with E-state index in [4.69, 9.17) is 0 Å². The van der Waals surface area contributed by atoms with Gasteiger partial charge in [0.2, 0.25) is 5.82 Å². The van der Waals surface area contributed by atoms with Gasteiger partial charge in [-0.1, -0.05) is 11.8 Å². The van der Waals surface area contributed by atoms with Crippen molar-refractivity contribution in [3.8, 4) is 11.8 Å². The first-order valence-corrected chi connectivity index (χ1v) is 5.21. The van der Waals surface area contributed by atoms with E-state index in [9.17, 15) is 26.3 Å². The molecule has 0 fully saturated rings. The fourth-order valence-electron chi connectivity index (χ4n) is 1.38. The molecular formula is C14H4F6. The van der Waals surface area contributed by atoms with Gasteiger partial charge in [-0.25, -0.2) is 26.3 Å². The Bertz CT molecular complexity index is 693. The van der Waals surface area contributed by atoms with E-state index < -0.39 is 40.5 Å². The van der Waals surface area contributed by atoms with Crippen LogP contribution in [0.5, 0.6) is 0 Å². The Labute approximate surface area is 109 Å². The Kier molecular flexibility index (Phi) is 3.70. The molecule has 0 amide bonds. The van der Waals surface area contributed by atoms with Crippen LogP contribution in [0.1, 0.15) is 11.1 Å². The third-order valence-corrected chi connectivity index (χ3v) is 2.39. The Hall–Kier alpha value is -2.42. The van der Waals surface area contributed by atoms with Gasteiger partial charge in [-0.2, -0.15) is 0 Å². The summed E-state index contributed by atoms with van der Waals surface area (Å²) in [5.41, 5.74) is -1.07. The summed E-state index contributed by atoms with van der Waals surface area (Å²) in [7, 11) is 0. The van der Waals surface area contributed by atoms with Crippen LogP contribution in [0.15, 0.2) is 24.3 Å². The van der Waals surface area contributed by atoms with Crippen molar-refractivity contribution < 1.29 is 26.3 Å². The van der Waals surface area contributed by atoms with Crippen molar-refractivity contribution in [2.45, 2.75) is 0 Å². The highest BCUT2D eigenvalue weighted by molar-refractivity contribution is 5.44. The second-order valence-electron chi connectivity index (χ2n) is 3.70. The van der Waals surface area contributed by atoms with Crippen molar-refractivity contribution in [1.82, 2.24) is 0 Å². The molecule has 0 bridgehead atoms. The first-order chi connectivity index (χ1) is 9.41. The molecule has 0 aliphatic rings. The van der Waals surface area contributed by atoms with E-state index in [1.165, 1.54) is 12.1 Å². The second kappa shape index (κ2) is 5.29. The largest absolute Gasteiger partial charge is 0.207 e. The molecule has 0 atom stereocenters. The van der Waals surface area contributed by atoms with Crippen molar-refractivity contribution in [2.24, 2.45) is 0 Å². The molecule has 6 heteroatoms. The second-order valence-corrected chi connectivity index (χ2v) is 3.70. The lowest BCUT2D eigenvalue weighted by molar-refractivity contribution is 0.376. The quantitative estimate of drug-likeness (QED) is 0.298. The fraction of sp³-hybridized carbons (Fsp3) is 0. The van der Waals surface area contributed by atoms with Crippen LogP contribution < -0.4 is 0 Å². The lowest BCUT2D eigenvalue weighted by Gasteiger charge is -2.02. The van der Waals surface area contributed by atoms with Crippen LogP contribution in [-0.4, -0.2) is 0 Å². The molecule has 0 N–H and O–H groups in total. The molecule has 0 aromatic heterocycles. The summed E-state index contributed by atoms with van der Waals surface area (Å²) < 4.78 is 77.8. The minimum Gasteiger partial charge on any atom is -0.207 e. The summed E-state index contributed by atoms with van der Waals surface area (Å²) in [5.74, 6) is -6.88. The Morgan fingerprint density at radius 1 is 0.550 bits per heavy atom. The van der Waals surface area contributed by atoms with Crippen LogP contribution in [0, 0.1) is 46.7 Å². The molecule has 2 aromatic carbocycles. The number of halogens is 6. The van der Waals surface area contributed by atoms with E-state index in [1.54, 1.807) is 0 Å². The van der Waals surface area contributed by atoms with Gasteiger partial charge in [0.15, 0.2) is 23.3 Å². The van der Waals surface area contributed by atoms with E-state index in [1.807, 2.05) is 5.92 Å². The maximum Gasteiger partial charge on any atom is 0.200 e. The molecule has 0 saturated heterocycles. The minimum atomic E-state index is -2.24. The SMILES string of the molecule is Fc1ccc(C#Cc2c(F)c(F)c(F)c(F)c2F)cc1. The normalized spacial score (nSPS) is 10.1. The van der Waals surface area contributed by atoms with Gasteiger partial charge in [0.1, 0.15) is 11.4 Å². The molecule has 0 aliphatic carbocycles. The molecule has 0 spiro atoms. The molecule has 0 saturated carbocycles. The third kappa shape index (κ3) is 2.48. The zero-order valence-corrected chi connectivity index (χ0v) is 9.58. The van der Waals surface area contributed by atoms with Crippen LogP contribution in [0.2, 0.25) is 0 Å². The standard InChI is InChI=1S/C14H4F6/c15-8-4-1-7(2-5-8)3-6-9-10(16)12(18)14(20)13(19)11(9)17/h1-2,4-5H. The predicted octanol–water partition coefficient (Wildman–Crippen LogP) is 3.92. The highest BCUT2D eigenvalue weighted by atomic mass is 19.2. The first-order valence-electron chi connectivity index (χ1n) is 5.21. The number of benzene rings is 2. The van der Waals surface area contributed by atoms with Gasteiger partial charge in [0.25, 0.3) is 0 Å². The number of hydrogen-bond donors (Lipinski definition) is 0. The van der Waals surface area contributed by atoms with Crippen LogP contribution in [0.25, 0.3) is 0 Å². The maximum absolute atomic E-state index is 13.3. The molecular weight excluding hydrogens is 282 g/mol. The minimum absolute atomic E-state index is 0.162. The van der Waals surface area contributed by atoms with Gasteiger partial charge < -0.3 is 0 Å². The van der Waals surface area contributed by atoms with Gasteiger partial charge in [-0.15, -0.1) is 0 Å². The lowest BCUT2D eigenvalue weighted by atomic mass is 10.1. The maximum atomic E-state index is 13.3. The smallest absolute Gasteiger partial charge is 0.200 e. The van der Waals surface area contributed by atoms with Crippen molar-refractivity contribution in [1.29, 1.82) is 0 Å². The Morgan fingerprint density at radius 2 is 1.00 bits per heavy atom. The van der Waals surface area contributed by atoms with Crippen LogP contribution >= 0.6 is 0 Å². The van der Waals surface area contributed by atoms with E-state index in [2.05, 4.69) is 5.92 Å². The molecule has 0 nitrogen and oxygen atoms in total. The summed E-state index contributed by atoms with van der Waals surface area (Å²) in [5, 5.41) is 0. The molecule has 102 valence electrons. The summed E-state index contributed by atoms with van der Waals surface area (Å²) in [6.07, 6.45) is 0. The summed E-state index contributed by atoms with van der Waals surface area (Å²) in [6.45, 7) is 0. The summed E-state index contributed by atoms with van der Waals surface area (Å²) in [6, 6.07) is 4.49. The topological polar surface area (TPSA) is 0 Å². The lowest BCUT2D eigenvalue weighted by Crippen LogP contribution is -2.04. The zero-order valence-electron chi connectivity index (χ0n) is 9.58. The molecule has 0 heterocycles. The molecule has 0 aliphatic heterocycles. The van der Waals surface area contributed by atoms with E-state index in [-0.39, 0.29) is 5.56 Å². The first kappa shape index (κ1) is 14.0.